The van der Waals surface area contributed by atoms with E-state index in [2.05, 4.69) is 4.98 Å². The highest BCUT2D eigenvalue weighted by Gasteiger charge is 2.40. The summed E-state index contributed by atoms with van der Waals surface area (Å²) < 4.78 is 38.9. The number of aromatic nitrogens is 1. The van der Waals surface area contributed by atoms with Gasteiger partial charge in [-0.3, -0.25) is 14.5 Å². The minimum atomic E-state index is -4.49. The number of benzene rings is 1. The molecule has 10 heteroatoms. The van der Waals surface area contributed by atoms with E-state index in [0.29, 0.717) is 12.2 Å². The van der Waals surface area contributed by atoms with Crippen LogP contribution >= 0.6 is 0 Å². The molecule has 0 radical (unpaired) electrons. The van der Waals surface area contributed by atoms with Gasteiger partial charge in [0.15, 0.2) is 5.78 Å². The second kappa shape index (κ2) is 9.82. The largest absolute Gasteiger partial charge is 0.416 e. The maximum Gasteiger partial charge on any atom is 0.416 e. The van der Waals surface area contributed by atoms with Crippen molar-refractivity contribution < 1.29 is 27.6 Å². The molecule has 1 atom stereocenters. The number of hydrogen-bond donors (Lipinski definition) is 0. The van der Waals surface area contributed by atoms with Crippen molar-refractivity contribution in [1.82, 2.24) is 14.8 Å². The van der Waals surface area contributed by atoms with E-state index >= 15 is 0 Å². The van der Waals surface area contributed by atoms with Gasteiger partial charge in [0.2, 0.25) is 0 Å². The predicted octanol–water partition coefficient (Wildman–Crippen LogP) is 3.88. The summed E-state index contributed by atoms with van der Waals surface area (Å²) in [4.78, 5) is 46.5. The topological polar surface area (TPSA) is 73.8 Å². The molecule has 0 unspecified atom stereocenters. The third-order valence-electron chi connectivity index (χ3n) is 5.70. The van der Waals surface area contributed by atoms with Crippen molar-refractivity contribution >= 4 is 23.4 Å². The van der Waals surface area contributed by atoms with Crippen LogP contribution in [-0.4, -0.2) is 65.7 Å². The average molecular weight is 476 g/mol. The minimum absolute atomic E-state index is 0.0397. The second-order valence-electron chi connectivity index (χ2n) is 8.85. The molecule has 1 aliphatic heterocycles. The molecule has 2 heterocycles. The Balaban J connectivity index is 1.74. The molecule has 0 spiro atoms. The van der Waals surface area contributed by atoms with Gasteiger partial charge in [0, 0.05) is 27.1 Å². The molecular weight excluding hydrogens is 449 g/mol. The number of carbonyl (C=O) groups excluding carboxylic acids is 3. The number of nitrogens with zero attached hydrogens (tertiary/aromatic N) is 4. The van der Waals surface area contributed by atoms with Crippen molar-refractivity contribution in [3.63, 3.8) is 0 Å². The van der Waals surface area contributed by atoms with Gasteiger partial charge in [0.1, 0.15) is 5.69 Å². The van der Waals surface area contributed by atoms with Crippen molar-refractivity contribution in [2.75, 3.05) is 32.1 Å². The summed E-state index contributed by atoms with van der Waals surface area (Å²) in [5.41, 5.74) is 0.174. The van der Waals surface area contributed by atoms with Crippen molar-refractivity contribution in [3.05, 3.63) is 59.4 Å². The van der Waals surface area contributed by atoms with E-state index in [-0.39, 0.29) is 53.9 Å². The lowest BCUT2D eigenvalue weighted by atomic mass is 10.0. The molecule has 0 N–H and O–H groups in total. The molecule has 1 fully saturated rings. The highest BCUT2D eigenvalue weighted by Crippen LogP contribution is 2.30. The summed E-state index contributed by atoms with van der Waals surface area (Å²) in [6, 6.07) is 7.17. The van der Waals surface area contributed by atoms with Crippen LogP contribution in [0.1, 0.15) is 35.5 Å². The molecular formula is C24H27F3N4O3. The molecule has 3 amide bonds. The summed E-state index contributed by atoms with van der Waals surface area (Å²) in [6.45, 7) is 3.99. The van der Waals surface area contributed by atoms with E-state index in [1.807, 2.05) is 13.8 Å². The third-order valence-corrected chi connectivity index (χ3v) is 5.70. The molecule has 182 valence electrons. The summed E-state index contributed by atoms with van der Waals surface area (Å²) in [5, 5.41) is 0. The van der Waals surface area contributed by atoms with Crippen LogP contribution in [0, 0.1) is 5.92 Å². The Morgan fingerprint density at radius 3 is 2.44 bits per heavy atom. The summed E-state index contributed by atoms with van der Waals surface area (Å²) in [6.07, 6.45) is -3.25. The van der Waals surface area contributed by atoms with Gasteiger partial charge in [-0.1, -0.05) is 32.0 Å². The van der Waals surface area contributed by atoms with Gasteiger partial charge in [0.05, 0.1) is 30.0 Å². The zero-order chi connectivity index (χ0) is 25.2. The van der Waals surface area contributed by atoms with Gasteiger partial charge < -0.3 is 9.80 Å². The first kappa shape index (κ1) is 25.2. The smallest absolute Gasteiger partial charge is 0.343 e. The molecule has 3 rings (SSSR count). The molecule has 0 aliphatic carbocycles. The molecule has 1 aromatic carbocycles. The number of urea groups is 1. The highest BCUT2D eigenvalue weighted by atomic mass is 19.4. The second-order valence-corrected chi connectivity index (χ2v) is 8.85. The van der Waals surface area contributed by atoms with Crippen LogP contribution in [-0.2, 0) is 17.4 Å². The van der Waals surface area contributed by atoms with Crippen LogP contribution in [0.4, 0.5) is 23.7 Å². The molecule has 7 nitrogen and oxygen atoms in total. The van der Waals surface area contributed by atoms with Gasteiger partial charge in [-0.05, 0) is 29.7 Å². The van der Waals surface area contributed by atoms with Crippen LogP contribution in [0.3, 0.4) is 0 Å². The molecule has 1 aliphatic rings. The molecule has 2 aromatic rings. The van der Waals surface area contributed by atoms with E-state index in [4.69, 9.17) is 0 Å². The average Bonchev–Trinajstić information content (AvgIpc) is 3.09. The first-order valence-electron chi connectivity index (χ1n) is 10.8. The fourth-order valence-electron chi connectivity index (χ4n) is 3.86. The van der Waals surface area contributed by atoms with Crippen LogP contribution in [0.15, 0.2) is 42.6 Å². The van der Waals surface area contributed by atoms with Crippen molar-refractivity contribution in [3.8, 4) is 0 Å². The Hall–Kier alpha value is -3.43. The molecule has 1 aromatic heterocycles. The number of Topliss-reactive ketones (excluding diaryl/α,β-unsaturated/α-hetero) is 1. The zero-order valence-electron chi connectivity index (χ0n) is 19.5. The molecule has 34 heavy (non-hydrogen) atoms. The predicted molar refractivity (Wildman–Crippen MR) is 120 cm³/mol. The van der Waals surface area contributed by atoms with Gasteiger partial charge in [0.25, 0.3) is 5.91 Å². The van der Waals surface area contributed by atoms with Crippen molar-refractivity contribution in [2.45, 2.75) is 32.5 Å². The van der Waals surface area contributed by atoms with E-state index in [1.165, 1.54) is 39.1 Å². The highest BCUT2D eigenvalue weighted by molar-refractivity contribution is 5.98. The Morgan fingerprint density at radius 2 is 1.88 bits per heavy atom. The number of rotatable bonds is 7. The summed E-state index contributed by atoms with van der Waals surface area (Å²) in [7, 11) is 3.23. The lowest BCUT2D eigenvalue weighted by molar-refractivity contribution is -0.137. The van der Waals surface area contributed by atoms with Crippen LogP contribution in [0.25, 0.3) is 0 Å². The van der Waals surface area contributed by atoms with Crippen molar-refractivity contribution in [2.24, 2.45) is 5.92 Å². The van der Waals surface area contributed by atoms with E-state index in [1.54, 1.807) is 20.2 Å². The van der Waals surface area contributed by atoms with E-state index in [9.17, 15) is 27.6 Å². The first-order valence-corrected chi connectivity index (χ1v) is 10.8. The van der Waals surface area contributed by atoms with Crippen LogP contribution in [0.5, 0.6) is 0 Å². The number of pyridine rings is 1. The molecule has 0 bridgehead atoms. The maximum atomic E-state index is 13.2. The zero-order valence-corrected chi connectivity index (χ0v) is 19.5. The van der Waals surface area contributed by atoms with Gasteiger partial charge in [-0.25, -0.2) is 9.78 Å². The maximum absolute atomic E-state index is 13.2. The Kier molecular flexibility index (Phi) is 7.28. The van der Waals surface area contributed by atoms with Gasteiger partial charge in [-0.2, -0.15) is 13.2 Å². The normalized spacial score (nSPS) is 16.4. The SMILES string of the molecule is CC(C)[C@H]1CN(c2ccc(C(=O)N(C)C)nc2)C(=O)N1CC(=O)Cc1cccc(C(F)(F)F)c1. The number of carbonyl (C=O) groups is 3. The standard InChI is InChI=1S/C24H27F3N4O3/c1-15(2)21-14-30(18-8-9-20(28-12-18)22(33)29(3)4)23(34)31(21)13-19(32)11-16-6-5-7-17(10-16)24(25,26)27/h5-10,12,15,21H,11,13-14H2,1-4H3/t21-/m1/s1. The van der Waals surface area contributed by atoms with E-state index in [0.717, 1.165) is 12.1 Å². The number of alkyl halides is 3. The Bertz CT molecular complexity index is 1070. The lowest BCUT2D eigenvalue weighted by Crippen LogP contribution is -2.41. The third kappa shape index (κ3) is 5.55. The number of amides is 3. The van der Waals surface area contributed by atoms with E-state index < -0.39 is 11.7 Å². The van der Waals surface area contributed by atoms with Crippen LogP contribution < -0.4 is 4.90 Å². The Labute approximate surface area is 196 Å². The fraction of sp³-hybridized carbons (Fsp3) is 0.417. The fourth-order valence-corrected chi connectivity index (χ4v) is 3.86. The number of hydrogen-bond acceptors (Lipinski definition) is 4. The number of halogens is 3. The quantitative estimate of drug-likeness (QED) is 0.608. The van der Waals surface area contributed by atoms with Crippen LogP contribution in [0.2, 0.25) is 0 Å². The summed E-state index contributed by atoms with van der Waals surface area (Å²) >= 11 is 0. The Morgan fingerprint density at radius 1 is 1.18 bits per heavy atom. The van der Waals surface area contributed by atoms with Crippen molar-refractivity contribution in [1.29, 1.82) is 0 Å². The minimum Gasteiger partial charge on any atom is -0.343 e. The molecule has 0 saturated carbocycles. The first-order chi connectivity index (χ1) is 15.9. The number of ketones is 1. The summed E-state index contributed by atoms with van der Waals surface area (Å²) in [5.74, 6) is -0.579. The lowest BCUT2D eigenvalue weighted by Gasteiger charge is -2.25. The van der Waals surface area contributed by atoms with Gasteiger partial charge >= 0.3 is 12.2 Å². The molecule has 1 saturated heterocycles. The number of anilines is 1. The van der Waals surface area contributed by atoms with Gasteiger partial charge in [-0.15, -0.1) is 0 Å². The monoisotopic (exact) mass is 476 g/mol.